The Bertz CT molecular complexity index is 940. The minimum atomic E-state index is -0.0953. The van der Waals surface area contributed by atoms with Gasteiger partial charge in [-0.05, 0) is 29.7 Å². The molecule has 0 radical (unpaired) electrons. The number of carbonyl (C=O) groups is 1. The van der Waals surface area contributed by atoms with E-state index < -0.39 is 0 Å². The van der Waals surface area contributed by atoms with E-state index in [1.807, 2.05) is 48.2 Å². The second kappa shape index (κ2) is 7.56. The molecule has 1 aromatic heterocycles. The third-order valence-electron chi connectivity index (χ3n) is 4.45. The summed E-state index contributed by atoms with van der Waals surface area (Å²) < 4.78 is 1.74. The van der Waals surface area contributed by atoms with Crippen molar-refractivity contribution in [2.75, 3.05) is 5.75 Å². The van der Waals surface area contributed by atoms with Crippen molar-refractivity contribution in [2.45, 2.75) is 23.9 Å². The Labute approximate surface area is 161 Å². The zero-order chi connectivity index (χ0) is 17.9. The molecule has 4 nitrogen and oxygen atoms in total. The standard InChI is InChI=1S/C20H18ClN3OS/c21-17-7-3-1-5-14(17)12-24-13-15(11-22-24)20(25)23-18-9-10-26-19-8-4-2-6-16(18)19/h1-8,11,13,18H,9-10,12H2,(H,23,25)/t18-/m0/s1. The molecule has 1 aliphatic heterocycles. The fraction of sp³-hybridized carbons (Fsp3) is 0.200. The summed E-state index contributed by atoms with van der Waals surface area (Å²) in [6.07, 6.45) is 4.30. The van der Waals surface area contributed by atoms with Gasteiger partial charge < -0.3 is 5.32 Å². The monoisotopic (exact) mass is 383 g/mol. The number of halogens is 1. The Morgan fingerprint density at radius 1 is 1.23 bits per heavy atom. The highest BCUT2D eigenvalue weighted by molar-refractivity contribution is 7.99. The fourth-order valence-electron chi connectivity index (χ4n) is 3.10. The van der Waals surface area contributed by atoms with Crippen LogP contribution < -0.4 is 5.32 Å². The topological polar surface area (TPSA) is 46.9 Å². The minimum Gasteiger partial charge on any atom is -0.345 e. The van der Waals surface area contributed by atoms with Crippen LogP contribution in [-0.2, 0) is 6.54 Å². The number of rotatable bonds is 4. The number of amides is 1. The summed E-state index contributed by atoms with van der Waals surface area (Å²) in [5.74, 6) is 0.912. The van der Waals surface area contributed by atoms with Gasteiger partial charge in [-0.2, -0.15) is 5.10 Å². The van der Waals surface area contributed by atoms with E-state index in [1.165, 1.54) is 10.5 Å². The number of thioether (sulfide) groups is 1. The number of hydrogen-bond acceptors (Lipinski definition) is 3. The Morgan fingerprint density at radius 3 is 2.92 bits per heavy atom. The molecule has 1 N–H and O–H groups in total. The van der Waals surface area contributed by atoms with E-state index in [0.717, 1.165) is 17.7 Å². The number of fused-ring (bicyclic) bond motifs is 1. The van der Waals surface area contributed by atoms with Gasteiger partial charge in [0.25, 0.3) is 5.91 Å². The molecule has 2 heterocycles. The van der Waals surface area contributed by atoms with Crippen LogP contribution in [0.3, 0.4) is 0 Å². The van der Waals surface area contributed by atoms with Gasteiger partial charge in [0.2, 0.25) is 0 Å². The quantitative estimate of drug-likeness (QED) is 0.718. The summed E-state index contributed by atoms with van der Waals surface area (Å²) in [4.78, 5) is 13.9. The lowest BCUT2D eigenvalue weighted by Gasteiger charge is -2.25. The smallest absolute Gasteiger partial charge is 0.254 e. The molecular weight excluding hydrogens is 366 g/mol. The van der Waals surface area contributed by atoms with Gasteiger partial charge in [-0.3, -0.25) is 9.48 Å². The van der Waals surface area contributed by atoms with Crippen LogP contribution in [0.25, 0.3) is 0 Å². The van der Waals surface area contributed by atoms with Crippen molar-refractivity contribution in [3.63, 3.8) is 0 Å². The zero-order valence-corrected chi connectivity index (χ0v) is 15.6. The fourth-order valence-corrected chi connectivity index (χ4v) is 4.42. The molecule has 0 unspecified atom stereocenters. The minimum absolute atomic E-state index is 0.0480. The maximum absolute atomic E-state index is 12.7. The first-order chi connectivity index (χ1) is 12.7. The van der Waals surface area contributed by atoms with Gasteiger partial charge in [0, 0.05) is 21.9 Å². The number of nitrogens with one attached hydrogen (secondary N) is 1. The Hall–Kier alpha value is -2.24. The van der Waals surface area contributed by atoms with Gasteiger partial charge >= 0.3 is 0 Å². The highest BCUT2D eigenvalue weighted by atomic mass is 35.5. The maximum Gasteiger partial charge on any atom is 0.254 e. The van der Waals surface area contributed by atoms with Crippen LogP contribution in [-0.4, -0.2) is 21.4 Å². The molecule has 4 rings (SSSR count). The molecule has 0 saturated heterocycles. The number of aromatic nitrogens is 2. The lowest BCUT2D eigenvalue weighted by atomic mass is 10.0. The first-order valence-corrected chi connectivity index (χ1v) is 9.85. The molecule has 0 fully saturated rings. The van der Waals surface area contributed by atoms with Gasteiger partial charge in [0.05, 0.1) is 24.3 Å². The highest BCUT2D eigenvalue weighted by Gasteiger charge is 2.22. The molecule has 0 bridgehead atoms. The predicted octanol–water partition coefficient (Wildman–Crippen LogP) is 4.55. The number of hydrogen-bond donors (Lipinski definition) is 1. The number of benzene rings is 2. The van der Waals surface area contributed by atoms with Crippen molar-refractivity contribution in [2.24, 2.45) is 0 Å². The largest absolute Gasteiger partial charge is 0.345 e. The lowest BCUT2D eigenvalue weighted by Crippen LogP contribution is -2.30. The van der Waals surface area contributed by atoms with E-state index in [1.54, 1.807) is 17.1 Å². The summed E-state index contributed by atoms with van der Waals surface area (Å²) in [6.45, 7) is 0.538. The molecule has 6 heteroatoms. The van der Waals surface area contributed by atoms with Crippen LogP contribution in [0.5, 0.6) is 0 Å². The predicted molar refractivity (Wildman–Crippen MR) is 105 cm³/mol. The Morgan fingerprint density at radius 2 is 2.04 bits per heavy atom. The van der Waals surface area contributed by atoms with Crippen LogP contribution in [0.1, 0.15) is 33.9 Å². The molecule has 3 aromatic rings. The van der Waals surface area contributed by atoms with Gasteiger partial charge in [0.1, 0.15) is 0 Å². The van der Waals surface area contributed by atoms with E-state index in [0.29, 0.717) is 17.1 Å². The lowest BCUT2D eigenvalue weighted by molar-refractivity contribution is 0.0935. The van der Waals surface area contributed by atoms with E-state index >= 15 is 0 Å². The van der Waals surface area contributed by atoms with E-state index in [4.69, 9.17) is 11.6 Å². The van der Waals surface area contributed by atoms with E-state index in [2.05, 4.69) is 22.5 Å². The summed E-state index contributed by atoms with van der Waals surface area (Å²) in [7, 11) is 0. The third-order valence-corrected chi connectivity index (χ3v) is 5.94. The second-order valence-corrected chi connectivity index (χ2v) is 7.76. The summed E-state index contributed by atoms with van der Waals surface area (Å²) in [6, 6.07) is 16.0. The van der Waals surface area contributed by atoms with Gasteiger partial charge in [-0.25, -0.2) is 0 Å². The molecule has 132 valence electrons. The average molecular weight is 384 g/mol. The van der Waals surface area contributed by atoms with E-state index in [-0.39, 0.29) is 11.9 Å². The summed E-state index contributed by atoms with van der Waals surface area (Å²) in [5, 5.41) is 8.15. The van der Waals surface area contributed by atoms with Crippen molar-refractivity contribution < 1.29 is 4.79 Å². The first kappa shape index (κ1) is 17.2. The van der Waals surface area contributed by atoms with Crippen molar-refractivity contribution in [3.8, 4) is 0 Å². The summed E-state index contributed by atoms with van der Waals surface area (Å²) in [5.41, 5.74) is 2.73. The number of carbonyl (C=O) groups excluding carboxylic acids is 1. The van der Waals surface area contributed by atoms with E-state index in [9.17, 15) is 4.79 Å². The van der Waals surface area contributed by atoms with Crippen molar-refractivity contribution in [1.29, 1.82) is 0 Å². The molecule has 0 aliphatic carbocycles. The molecule has 1 atom stereocenters. The zero-order valence-electron chi connectivity index (χ0n) is 14.1. The molecule has 1 amide bonds. The normalized spacial score (nSPS) is 16.1. The van der Waals surface area contributed by atoms with Crippen molar-refractivity contribution in [1.82, 2.24) is 15.1 Å². The Kier molecular flexibility index (Phi) is 5.00. The number of nitrogens with zero attached hydrogens (tertiary/aromatic N) is 2. The third kappa shape index (κ3) is 3.64. The maximum atomic E-state index is 12.7. The summed E-state index contributed by atoms with van der Waals surface area (Å²) >= 11 is 8.04. The average Bonchev–Trinajstić information content (AvgIpc) is 3.13. The molecule has 0 spiro atoms. The van der Waals surface area contributed by atoms with Crippen LogP contribution in [0.15, 0.2) is 65.8 Å². The first-order valence-electron chi connectivity index (χ1n) is 8.49. The van der Waals surface area contributed by atoms with Gasteiger partial charge in [-0.1, -0.05) is 48.0 Å². The van der Waals surface area contributed by atoms with Crippen molar-refractivity contribution in [3.05, 3.63) is 82.6 Å². The van der Waals surface area contributed by atoms with Gasteiger partial charge in [0.15, 0.2) is 0 Å². The Balaban J connectivity index is 1.47. The SMILES string of the molecule is O=C(N[C@H]1CCSc2ccccc21)c1cnn(Cc2ccccc2Cl)c1. The molecule has 26 heavy (non-hydrogen) atoms. The molecular formula is C20H18ClN3OS. The van der Waals surface area contributed by atoms with Gasteiger partial charge in [-0.15, -0.1) is 11.8 Å². The van der Waals surface area contributed by atoms with Crippen LogP contribution in [0.2, 0.25) is 5.02 Å². The van der Waals surface area contributed by atoms with Crippen LogP contribution >= 0.6 is 23.4 Å². The molecule has 0 saturated carbocycles. The highest BCUT2D eigenvalue weighted by Crippen LogP contribution is 2.35. The molecule has 2 aromatic carbocycles. The second-order valence-electron chi connectivity index (χ2n) is 6.22. The van der Waals surface area contributed by atoms with Crippen LogP contribution in [0.4, 0.5) is 0 Å². The van der Waals surface area contributed by atoms with Crippen LogP contribution in [0, 0.1) is 0 Å². The van der Waals surface area contributed by atoms with Crippen molar-refractivity contribution >= 4 is 29.3 Å². The molecule has 1 aliphatic rings.